The Morgan fingerprint density at radius 3 is 2.41 bits per heavy atom. The Bertz CT molecular complexity index is 902. The number of methoxy groups -OCH3 is 1. The number of carbonyl (C=O) groups is 1. The van der Waals surface area contributed by atoms with E-state index in [4.69, 9.17) is 4.74 Å². The van der Waals surface area contributed by atoms with E-state index in [-0.39, 0.29) is 11.7 Å². The van der Waals surface area contributed by atoms with Gasteiger partial charge in [0.1, 0.15) is 5.82 Å². The Morgan fingerprint density at radius 1 is 1.11 bits per heavy atom. The fourth-order valence-corrected chi connectivity index (χ4v) is 2.91. The number of amides is 1. The van der Waals surface area contributed by atoms with Gasteiger partial charge >= 0.3 is 0 Å². The first-order valence-corrected chi connectivity index (χ1v) is 8.80. The second-order valence-electron chi connectivity index (χ2n) is 6.18. The van der Waals surface area contributed by atoms with Crippen molar-refractivity contribution in [3.05, 3.63) is 82.9 Å². The first-order valence-electron chi connectivity index (χ1n) is 8.80. The van der Waals surface area contributed by atoms with E-state index in [1.165, 1.54) is 12.1 Å². The predicted octanol–water partition coefficient (Wildman–Crippen LogP) is 3.65. The summed E-state index contributed by atoms with van der Waals surface area (Å²) >= 11 is 0. The number of aromatic nitrogens is 2. The molecule has 27 heavy (non-hydrogen) atoms. The first kappa shape index (κ1) is 18.8. The van der Waals surface area contributed by atoms with Gasteiger partial charge in [-0.05, 0) is 41.8 Å². The van der Waals surface area contributed by atoms with Crippen molar-refractivity contribution in [2.45, 2.75) is 26.5 Å². The number of rotatable bonds is 7. The molecule has 0 bridgehead atoms. The van der Waals surface area contributed by atoms with Gasteiger partial charge in [-0.1, -0.05) is 31.2 Å². The molecule has 0 spiro atoms. The molecule has 1 amide bonds. The molecule has 5 nitrogen and oxygen atoms in total. The van der Waals surface area contributed by atoms with E-state index in [2.05, 4.69) is 10.4 Å². The van der Waals surface area contributed by atoms with Crippen LogP contribution in [0, 0.1) is 5.82 Å². The number of hydrogen-bond donors (Lipinski definition) is 1. The van der Waals surface area contributed by atoms with Crippen molar-refractivity contribution in [2.24, 2.45) is 0 Å². The lowest BCUT2D eigenvalue weighted by atomic mass is 10.1. The number of halogens is 1. The number of carbonyl (C=O) groups excluding carboxylic acids is 1. The lowest BCUT2D eigenvalue weighted by molar-refractivity contribution is 0.0950. The van der Waals surface area contributed by atoms with Gasteiger partial charge in [-0.25, -0.2) is 9.07 Å². The summed E-state index contributed by atoms with van der Waals surface area (Å²) in [4.78, 5) is 12.6. The summed E-state index contributed by atoms with van der Waals surface area (Å²) in [5, 5.41) is 7.25. The number of nitrogens with zero attached hydrogens (tertiary/aromatic N) is 2. The monoisotopic (exact) mass is 367 g/mol. The summed E-state index contributed by atoms with van der Waals surface area (Å²) in [6.45, 7) is 2.95. The quantitative estimate of drug-likeness (QED) is 0.693. The highest BCUT2D eigenvalue weighted by molar-refractivity contribution is 5.95. The summed E-state index contributed by atoms with van der Waals surface area (Å²) in [5.74, 6) is -0.486. The average Bonchev–Trinajstić information content (AvgIpc) is 3.12. The second-order valence-corrected chi connectivity index (χ2v) is 6.18. The van der Waals surface area contributed by atoms with Crippen molar-refractivity contribution in [3.8, 4) is 5.69 Å². The van der Waals surface area contributed by atoms with Crippen LogP contribution in [0.1, 0.15) is 34.1 Å². The molecule has 3 rings (SSSR count). The number of nitrogens with one attached hydrogen (secondary N) is 1. The molecule has 3 aromatic rings. The van der Waals surface area contributed by atoms with Crippen molar-refractivity contribution < 1.29 is 13.9 Å². The van der Waals surface area contributed by atoms with E-state index in [9.17, 15) is 9.18 Å². The molecule has 140 valence electrons. The highest BCUT2D eigenvalue weighted by Gasteiger charge is 2.17. The lowest BCUT2D eigenvalue weighted by Gasteiger charge is -2.09. The zero-order chi connectivity index (χ0) is 19.2. The molecule has 0 radical (unpaired) electrons. The van der Waals surface area contributed by atoms with Gasteiger partial charge in [-0.2, -0.15) is 5.10 Å². The Hall–Kier alpha value is -2.99. The van der Waals surface area contributed by atoms with Gasteiger partial charge in [0.05, 0.1) is 29.7 Å². The number of benzene rings is 2. The van der Waals surface area contributed by atoms with Crippen LogP contribution in [-0.4, -0.2) is 22.8 Å². The molecule has 0 aliphatic heterocycles. The smallest absolute Gasteiger partial charge is 0.255 e. The topological polar surface area (TPSA) is 56.1 Å². The molecule has 2 aromatic carbocycles. The third kappa shape index (κ3) is 4.41. The molecule has 0 fully saturated rings. The van der Waals surface area contributed by atoms with Gasteiger partial charge in [0, 0.05) is 13.7 Å². The van der Waals surface area contributed by atoms with Crippen LogP contribution >= 0.6 is 0 Å². The Labute approximate surface area is 157 Å². The first-order chi connectivity index (χ1) is 13.1. The molecule has 0 aliphatic carbocycles. The lowest BCUT2D eigenvalue weighted by Crippen LogP contribution is -2.23. The van der Waals surface area contributed by atoms with E-state index in [1.807, 2.05) is 31.2 Å². The summed E-state index contributed by atoms with van der Waals surface area (Å²) < 4.78 is 19.9. The molecular formula is C21H22FN3O2. The molecule has 0 saturated heterocycles. The fraction of sp³-hybridized carbons (Fsp3) is 0.238. The van der Waals surface area contributed by atoms with Gasteiger partial charge in [0.25, 0.3) is 5.91 Å². The number of hydrogen-bond acceptors (Lipinski definition) is 3. The van der Waals surface area contributed by atoms with Crippen molar-refractivity contribution in [3.63, 3.8) is 0 Å². The third-order valence-electron chi connectivity index (χ3n) is 4.31. The molecular weight excluding hydrogens is 345 g/mol. The maximum Gasteiger partial charge on any atom is 0.255 e. The molecule has 1 heterocycles. The SMILES string of the molecule is CCc1c(C(=O)NCc2ccc(COC)cc2)cnn1-c1ccc(F)cc1. The van der Waals surface area contributed by atoms with E-state index in [0.717, 1.165) is 22.5 Å². The van der Waals surface area contributed by atoms with Crippen molar-refractivity contribution in [1.29, 1.82) is 0 Å². The average molecular weight is 367 g/mol. The number of ether oxygens (including phenoxy) is 1. The predicted molar refractivity (Wildman–Crippen MR) is 101 cm³/mol. The Morgan fingerprint density at radius 2 is 1.78 bits per heavy atom. The van der Waals surface area contributed by atoms with Gasteiger partial charge in [-0.3, -0.25) is 4.79 Å². The molecule has 1 aromatic heterocycles. The van der Waals surface area contributed by atoms with E-state index >= 15 is 0 Å². The zero-order valence-corrected chi connectivity index (χ0v) is 15.4. The molecule has 1 N–H and O–H groups in total. The van der Waals surface area contributed by atoms with Crippen LogP contribution in [0.3, 0.4) is 0 Å². The van der Waals surface area contributed by atoms with Gasteiger partial charge < -0.3 is 10.1 Å². The molecule has 0 saturated carbocycles. The van der Waals surface area contributed by atoms with Crippen LogP contribution < -0.4 is 5.32 Å². The van der Waals surface area contributed by atoms with Crippen LogP contribution in [0.15, 0.2) is 54.7 Å². The minimum atomic E-state index is -0.307. The largest absolute Gasteiger partial charge is 0.380 e. The maximum atomic E-state index is 13.1. The molecule has 0 unspecified atom stereocenters. The third-order valence-corrected chi connectivity index (χ3v) is 4.31. The second kappa shape index (κ2) is 8.60. The standard InChI is InChI=1S/C21H22FN3O2/c1-3-20-19(13-24-25(20)18-10-8-17(22)9-11-18)21(26)23-12-15-4-6-16(7-5-15)14-27-2/h4-11,13H,3,12,14H2,1-2H3,(H,23,26). The van der Waals surface area contributed by atoms with E-state index in [1.54, 1.807) is 30.1 Å². The molecule has 0 aliphatic rings. The van der Waals surface area contributed by atoms with Gasteiger partial charge in [0.2, 0.25) is 0 Å². The molecule has 6 heteroatoms. The molecule has 0 atom stereocenters. The van der Waals surface area contributed by atoms with Gasteiger partial charge in [-0.15, -0.1) is 0 Å². The summed E-state index contributed by atoms with van der Waals surface area (Å²) in [7, 11) is 1.66. The summed E-state index contributed by atoms with van der Waals surface area (Å²) in [6.07, 6.45) is 2.19. The van der Waals surface area contributed by atoms with E-state index < -0.39 is 0 Å². The minimum absolute atomic E-state index is 0.179. The van der Waals surface area contributed by atoms with Crippen molar-refractivity contribution in [1.82, 2.24) is 15.1 Å². The Balaban J connectivity index is 1.72. The normalized spacial score (nSPS) is 10.8. The van der Waals surface area contributed by atoms with Crippen LogP contribution in [0.2, 0.25) is 0 Å². The van der Waals surface area contributed by atoms with Gasteiger partial charge in [0.15, 0.2) is 0 Å². The van der Waals surface area contributed by atoms with Crippen LogP contribution in [0.4, 0.5) is 4.39 Å². The minimum Gasteiger partial charge on any atom is -0.380 e. The Kier molecular flexibility index (Phi) is 5.98. The summed E-state index contributed by atoms with van der Waals surface area (Å²) in [5.41, 5.74) is 4.13. The highest BCUT2D eigenvalue weighted by Crippen LogP contribution is 2.16. The van der Waals surface area contributed by atoms with Crippen molar-refractivity contribution >= 4 is 5.91 Å². The van der Waals surface area contributed by atoms with Crippen LogP contribution in [0.25, 0.3) is 5.69 Å². The summed E-state index contributed by atoms with van der Waals surface area (Å²) in [6, 6.07) is 13.9. The zero-order valence-electron chi connectivity index (χ0n) is 15.4. The van der Waals surface area contributed by atoms with Crippen LogP contribution in [-0.2, 0) is 24.3 Å². The maximum absolute atomic E-state index is 13.1. The van der Waals surface area contributed by atoms with Crippen LogP contribution in [0.5, 0.6) is 0 Å². The van der Waals surface area contributed by atoms with E-state index in [0.29, 0.717) is 25.1 Å². The van der Waals surface area contributed by atoms with Crippen molar-refractivity contribution in [2.75, 3.05) is 7.11 Å². The fourth-order valence-electron chi connectivity index (χ4n) is 2.91. The highest BCUT2D eigenvalue weighted by atomic mass is 19.1.